The Morgan fingerprint density at radius 3 is 2.50 bits per heavy atom. The number of rotatable bonds is 1. The maximum Gasteiger partial charge on any atom is 0.253 e. The summed E-state index contributed by atoms with van der Waals surface area (Å²) in [6.07, 6.45) is 3.59. The van der Waals surface area contributed by atoms with Crippen molar-refractivity contribution in [3.05, 3.63) is 29.8 Å². The van der Waals surface area contributed by atoms with E-state index in [0.717, 1.165) is 25.1 Å². The van der Waals surface area contributed by atoms with Gasteiger partial charge in [0.05, 0.1) is 0 Å². The highest BCUT2D eigenvalue weighted by molar-refractivity contribution is 5.94. The molecule has 1 amide bonds. The first-order valence-electron chi connectivity index (χ1n) is 7.02. The molecule has 2 saturated heterocycles. The predicted octanol–water partition coefficient (Wildman–Crippen LogP) is 2.00. The summed E-state index contributed by atoms with van der Waals surface area (Å²) in [6, 6.07) is 8.43. The lowest BCUT2D eigenvalue weighted by molar-refractivity contribution is 0.0740. The van der Waals surface area contributed by atoms with Crippen molar-refractivity contribution in [2.45, 2.75) is 31.3 Å². The third-order valence-corrected chi connectivity index (χ3v) is 4.59. The maximum atomic E-state index is 12.5. The molecule has 0 aromatic heterocycles. The molecule has 20 heavy (non-hydrogen) atoms. The summed E-state index contributed by atoms with van der Waals surface area (Å²) < 4.78 is 0. The molecule has 5 heteroatoms. The van der Waals surface area contributed by atoms with E-state index in [1.807, 2.05) is 17.0 Å². The molecule has 2 atom stereocenters. The molecule has 110 valence electrons. The lowest BCUT2D eigenvalue weighted by atomic mass is 10.1. The number of anilines is 1. The van der Waals surface area contributed by atoms with Crippen LogP contribution in [0.4, 0.5) is 5.69 Å². The number of carbonyl (C=O) groups is 1. The Morgan fingerprint density at radius 1 is 1.15 bits per heavy atom. The van der Waals surface area contributed by atoms with Crippen molar-refractivity contribution in [1.82, 2.24) is 9.80 Å². The number of nitrogens with zero attached hydrogens (tertiary/aromatic N) is 2. The Kier molecular flexibility index (Phi) is 4.55. The van der Waals surface area contributed by atoms with E-state index in [2.05, 4.69) is 11.9 Å². The molecular weight excluding hydrogens is 274 g/mol. The summed E-state index contributed by atoms with van der Waals surface area (Å²) in [6.45, 7) is 1.73. The quantitative estimate of drug-likeness (QED) is 0.806. The lowest BCUT2D eigenvalue weighted by Gasteiger charge is -2.25. The van der Waals surface area contributed by atoms with E-state index in [9.17, 15) is 4.79 Å². The first-order valence-corrected chi connectivity index (χ1v) is 7.02. The second-order valence-corrected chi connectivity index (χ2v) is 5.71. The van der Waals surface area contributed by atoms with Gasteiger partial charge in [0.15, 0.2) is 0 Å². The monoisotopic (exact) mass is 295 g/mol. The number of hydrogen-bond donors (Lipinski definition) is 1. The first-order chi connectivity index (χ1) is 9.15. The van der Waals surface area contributed by atoms with Gasteiger partial charge in [-0.05, 0) is 50.6 Å². The van der Waals surface area contributed by atoms with Crippen LogP contribution in [-0.2, 0) is 0 Å². The molecule has 4 nitrogen and oxygen atoms in total. The molecule has 0 spiro atoms. The topological polar surface area (TPSA) is 49.6 Å². The number of nitrogen functional groups attached to an aromatic ring is 1. The van der Waals surface area contributed by atoms with Crippen LogP contribution >= 0.6 is 12.4 Å². The Balaban J connectivity index is 0.00000147. The van der Waals surface area contributed by atoms with Gasteiger partial charge in [0, 0.05) is 36.4 Å². The number of benzene rings is 1. The molecule has 2 unspecified atom stereocenters. The van der Waals surface area contributed by atoms with Crippen LogP contribution in [0.5, 0.6) is 0 Å². The molecule has 2 aliphatic heterocycles. The molecule has 2 heterocycles. The minimum atomic E-state index is 0. The van der Waals surface area contributed by atoms with Gasteiger partial charge in [0.25, 0.3) is 5.91 Å². The van der Waals surface area contributed by atoms with Crippen LogP contribution in [0.2, 0.25) is 0 Å². The molecule has 0 radical (unpaired) electrons. The fourth-order valence-corrected chi connectivity index (χ4v) is 3.30. The summed E-state index contributed by atoms with van der Waals surface area (Å²) in [5, 5.41) is 0. The van der Waals surface area contributed by atoms with Crippen molar-refractivity contribution in [3.8, 4) is 0 Å². The highest BCUT2D eigenvalue weighted by atomic mass is 35.5. The third kappa shape index (κ3) is 2.76. The van der Waals surface area contributed by atoms with E-state index >= 15 is 0 Å². The molecular formula is C15H22ClN3O. The zero-order chi connectivity index (χ0) is 13.4. The summed E-state index contributed by atoms with van der Waals surface area (Å²) in [5.41, 5.74) is 7.11. The zero-order valence-electron chi connectivity index (χ0n) is 11.8. The van der Waals surface area contributed by atoms with Gasteiger partial charge in [-0.15, -0.1) is 12.4 Å². The molecule has 2 aliphatic rings. The first kappa shape index (κ1) is 15.1. The van der Waals surface area contributed by atoms with Crippen LogP contribution in [-0.4, -0.2) is 47.9 Å². The molecule has 2 bridgehead atoms. The van der Waals surface area contributed by atoms with Crippen molar-refractivity contribution in [2.75, 3.05) is 25.9 Å². The minimum absolute atomic E-state index is 0. The lowest BCUT2D eigenvalue weighted by Crippen LogP contribution is -2.39. The van der Waals surface area contributed by atoms with E-state index in [4.69, 9.17) is 5.73 Å². The Hall–Kier alpha value is -1.26. The third-order valence-electron chi connectivity index (χ3n) is 4.59. The number of hydrogen-bond acceptors (Lipinski definition) is 3. The van der Waals surface area contributed by atoms with Gasteiger partial charge in [0.1, 0.15) is 0 Å². The summed E-state index contributed by atoms with van der Waals surface area (Å²) in [5.74, 6) is 0.140. The van der Waals surface area contributed by atoms with Gasteiger partial charge in [-0.3, -0.25) is 9.69 Å². The van der Waals surface area contributed by atoms with Crippen molar-refractivity contribution in [3.63, 3.8) is 0 Å². The van der Waals surface area contributed by atoms with Gasteiger partial charge < -0.3 is 10.6 Å². The van der Waals surface area contributed by atoms with Crippen LogP contribution in [0, 0.1) is 0 Å². The predicted molar refractivity (Wildman–Crippen MR) is 83.2 cm³/mol. The number of halogens is 1. The highest BCUT2D eigenvalue weighted by Crippen LogP contribution is 2.29. The van der Waals surface area contributed by atoms with Crippen LogP contribution in [0.3, 0.4) is 0 Å². The summed E-state index contributed by atoms with van der Waals surface area (Å²) >= 11 is 0. The van der Waals surface area contributed by atoms with E-state index < -0.39 is 0 Å². The molecule has 1 aromatic rings. The van der Waals surface area contributed by atoms with Crippen molar-refractivity contribution in [2.24, 2.45) is 0 Å². The maximum absolute atomic E-state index is 12.5. The minimum Gasteiger partial charge on any atom is -0.399 e. The molecule has 1 aromatic carbocycles. The molecule has 0 aliphatic carbocycles. The van der Waals surface area contributed by atoms with Gasteiger partial charge in [-0.25, -0.2) is 0 Å². The smallest absolute Gasteiger partial charge is 0.253 e. The van der Waals surface area contributed by atoms with Crippen LogP contribution in [0.25, 0.3) is 0 Å². The van der Waals surface area contributed by atoms with Crippen molar-refractivity contribution >= 4 is 24.0 Å². The average molecular weight is 296 g/mol. The normalized spacial score (nSPS) is 25.9. The zero-order valence-corrected chi connectivity index (χ0v) is 12.6. The number of nitrogens with two attached hydrogens (primary N) is 1. The molecule has 2 N–H and O–H groups in total. The molecule has 2 fully saturated rings. The molecule has 3 rings (SSSR count). The Labute approximate surface area is 126 Å². The second-order valence-electron chi connectivity index (χ2n) is 5.71. The van der Waals surface area contributed by atoms with E-state index in [1.165, 1.54) is 12.8 Å². The number of likely N-dealkylation sites (N-methyl/N-ethyl adjacent to an activating group) is 1. The second kappa shape index (κ2) is 6.02. The van der Waals surface area contributed by atoms with Crippen LogP contribution in [0.1, 0.15) is 29.6 Å². The van der Waals surface area contributed by atoms with Crippen LogP contribution < -0.4 is 5.73 Å². The van der Waals surface area contributed by atoms with E-state index in [-0.39, 0.29) is 18.3 Å². The summed E-state index contributed by atoms with van der Waals surface area (Å²) in [4.78, 5) is 17.0. The Morgan fingerprint density at radius 2 is 1.80 bits per heavy atom. The van der Waals surface area contributed by atoms with Gasteiger partial charge >= 0.3 is 0 Å². The number of likely N-dealkylation sites (tertiary alicyclic amines) is 1. The van der Waals surface area contributed by atoms with Crippen LogP contribution in [0.15, 0.2) is 24.3 Å². The van der Waals surface area contributed by atoms with Gasteiger partial charge in [-0.1, -0.05) is 0 Å². The fourth-order valence-electron chi connectivity index (χ4n) is 3.30. The molecule has 0 saturated carbocycles. The van der Waals surface area contributed by atoms with E-state index in [1.54, 1.807) is 12.1 Å². The number of carbonyl (C=O) groups excluding carboxylic acids is 1. The number of amides is 1. The van der Waals surface area contributed by atoms with E-state index in [0.29, 0.717) is 17.8 Å². The average Bonchev–Trinajstić information content (AvgIpc) is 2.63. The van der Waals surface area contributed by atoms with Crippen molar-refractivity contribution in [1.29, 1.82) is 0 Å². The van der Waals surface area contributed by atoms with Gasteiger partial charge in [0.2, 0.25) is 0 Å². The van der Waals surface area contributed by atoms with Gasteiger partial charge in [-0.2, -0.15) is 0 Å². The Bertz CT molecular complexity index is 477. The van der Waals surface area contributed by atoms with Crippen molar-refractivity contribution < 1.29 is 4.79 Å². The fraction of sp³-hybridized carbons (Fsp3) is 0.533. The summed E-state index contributed by atoms with van der Waals surface area (Å²) in [7, 11) is 2.19. The highest BCUT2D eigenvalue weighted by Gasteiger charge is 2.36. The number of fused-ring (bicyclic) bond motifs is 2. The SMILES string of the molecule is CN1C2CCC1CN(C(=O)c1ccc(N)cc1)CC2.Cl. The standard InChI is InChI=1S/C15H21N3O.ClH/c1-17-13-6-7-14(17)10-18(9-8-13)15(19)11-2-4-12(16)5-3-11;/h2-5,13-14H,6-10,16H2,1H3;1H. The largest absolute Gasteiger partial charge is 0.399 e.